The Morgan fingerprint density at radius 1 is 1.50 bits per heavy atom. The fourth-order valence-electron chi connectivity index (χ4n) is 1.44. The van der Waals surface area contributed by atoms with Crippen molar-refractivity contribution in [2.45, 2.75) is 19.4 Å². The largest absolute Gasteiger partial charge is 0.496 e. The van der Waals surface area contributed by atoms with Crippen LogP contribution < -0.4 is 4.74 Å². The Labute approximate surface area is 108 Å². The van der Waals surface area contributed by atoms with Crippen molar-refractivity contribution in [2.24, 2.45) is 0 Å². The van der Waals surface area contributed by atoms with E-state index in [0.29, 0.717) is 12.0 Å². The summed E-state index contributed by atoms with van der Waals surface area (Å²) in [7, 11) is 1.61. The number of aliphatic hydroxyl groups is 1. The minimum atomic E-state index is -0.599. The molecule has 1 atom stereocenters. The molecule has 3 heteroatoms. The second kappa shape index (κ2) is 7.31. The lowest BCUT2D eigenvalue weighted by Gasteiger charge is -2.05. The number of nitrogens with zero attached hydrogens (tertiary/aromatic N) is 1. The van der Waals surface area contributed by atoms with E-state index in [9.17, 15) is 5.11 Å². The van der Waals surface area contributed by atoms with E-state index in [0.717, 1.165) is 11.3 Å². The molecule has 94 valence electrons. The summed E-state index contributed by atoms with van der Waals surface area (Å²) in [6.45, 7) is 1.72. The van der Waals surface area contributed by atoms with E-state index in [1.807, 2.05) is 36.4 Å². The number of hydrogen-bond acceptors (Lipinski definition) is 3. The second-order valence-corrected chi connectivity index (χ2v) is 3.90. The van der Waals surface area contributed by atoms with Crippen molar-refractivity contribution < 1.29 is 9.84 Å². The molecule has 0 bridgehead atoms. The maximum absolute atomic E-state index is 9.74. The van der Waals surface area contributed by atoms with Crippen molar-refractivity contribution in [3.8, 4) is 11.8 Å². The lowest BCUT2D eigenvalue weighted by Crippen LogP contribution is -1.99. The van der Waals surface area contributed by atoms with Gasteiger partial charge in [0.05, 0.1) is 19.3 Å². The summed E-state index contributed by atoms with van der Waals surface area (Å²) in [5, 5.41) is 18.3. The maximum Gasteiger partial charge on any atom is 0.126 e. The van der Waals surface area contributed by atoms with Crippen LogP contribution in [0.5, 0.6) is 5.75 Å². The van der Waals surface area contributed by atoms with E-state index in [4.69, 9.17) is 10.00 Å². The molecule has 0 fully saturated rings. The van der Waals surface area contributed by atoms with Gasteiger partial charge in [0.25, 0.3) is 0 Å². The van der Waals surface area contributed by atoms with E-state index in [2.05, 4.69) is 0 Å². The van der Waals surface area contributed by atoms with Gasteiger partial charge < -0.3 is 9.84 Å². The molecular formula is C15H17NO2. The van der Waals surface area contributed by atoms with Crippen LogP contribution in [-0.4, -0.2) is 18.3 Å². The van der Waals surface area contributed by atoms with Crippen LogP contribution in [0.25, 0.3) is 6.08 Å². The lowest BCUT2D eigenvalue weighted by atomic mass is 10.1. The standard InChI is InChI=1S/C15H17NO2/c1-12(11-16)7-9-14(17)10-8-13-5-3-4-6-15(13)18-2/h3-8,10,14,17H,9H2,1-2H3/b10-8+,12-7+/t14-/m1/s1. The van der Waals surface area contributed by atoms with Crippen molar-refractivity contribution in [1.82, 2.24) is 0 Å². The van der Waals surface area contributed by atoms with Gasteiger partial charge in [-0.25, -0.2) is 0 Å². The number of methoxy groups -OCH3 is 1. The Morgan fingerprint density at radius 3 is 2.89 bits per heavy atom. The average Bonchev–Trinajstić information content (AvgIpc) is 2.42. The van der Waals surface area contributed by atoms with Gasteiger partial charge in [-0.3, -0.25) is 0 Å². The first-order valence-electron chi connectivity index (χ1n) is 5.73. The summed E-state index contributed by atoms with van der Waals surface area (Å²) >= 11 is 0. The summed E-state index contributed by atoms with van der Waals surface area (Å²) in [5.41, 5.74) is 1.53. The molecule has 1 N–H and O–H groups in total. The van der Waals surface area contributed by atoms with Crippen LogP contribution >= 0.6 is 0 Å². The quantitative estimate of drug-likeness (QED) is 0.809. The van der Waals surface area contributed by atoms with E-state index in [1.165, 1.54) is 0 Å². The number of allylic oxidation sites excluding steroid dienone is 1. The first kappa shape index (κ1) is 14.0. The van der Waals surface area contributed by atoms with Crippen molar-refractivity contribution in [2.75, 3.05) is 7.11 Å². The molecule has 0 aliphatic rings. The number of benzene rings is 1. The molecule has 0 radical (unpaired) electrons. The van der Waals surface area contributed by atoms with Crippen LogP contribution in [-0.2, 0) is 0 Å². The molecule has 0 spiro atoms. The minimum absolute atomic E-state index is 0.436. The van der Waals surface area contributed by atoms with Gasteiger partial charge in [-0.2, -0.15) is 5.26 Å². The fourth-order valence-corrected chi connectivity index (χ4v) is 1.44. The Hall–Kier alpha value is -2.05. The Kier molecular flexibility index (Phi) is 5.69. The van der Waals surface area contributed by atoms with E-state index in [-0.39, 0.29) is 0 Å². The summed E-state index contributed by atoms with van der Waals surface area (Å²) < 4.78 is 5.21. The second-order valence-electron chi connectivity index (χ2n) is 3.90. The molecule has 0 amide bonds. The van der Waals surface area contributed by atoms with Crippen LogP contribution in [0.15, 0.2) is 42.0 Å². The number of para-hydroxylation sites is 1. The molecule has 1 aromatic carbocycles. The highest BCUT2D eigenvalue weighted by Crippen LogP contribution is 2.19. The maximum atomic E-state index is 9.74. The highest BCUT2D eigenvalue weighted by Gasteiger charge is 2.00. The highest BCUT2D eigenvalue weighted by atomic mass is 16.5. The molecule has 3 nitrogen and oxygen atoms in total. The third-order valence-electron chi connectivity index (χ3n) is 2.48. The number of hydrogen-bond donors (Lipinski definition) is 1. The van der Waals surface area contributed by atoms with Crippen LogP contribution in [0.2, 0.25) is 0 Å². The molecule has 0 saturated carbocycles. The summed E-state index contributed by atoms with van der Waals surface area (Å²) in [4.78, 5) is 0. The first-order chi connectivity index (χ1) is 8.67. The van der Waals surface area contributed by atoms with Gasteiger partial charge in [-0.05, 0) is 19.4 Å². The molecule has 1 aromatic rings. The smallest absolute Gasteiger partial charge is 0.126 e. The van der Waals surface area contributed by atoms with Crippen LogP contribution in [0.4, 0.5) is 0 Å². The molecule has 0 saturated heterocycles. The normalized spacial score (nSPS) is 13.3. The summed E-state index contributed by atoms with van der Waals surface area (Å²) in [5.74, 6) is 0.768. The summed E-state index contributed by atoms with van der Waals surface area (Å²) in [6, 6.07) is 9.61. The lowest BCUT2D eigenvalue weighted by molar-refractivity contribution is 0.227. The minimum Gasteiger partial charge on any atom is -0.496 e. The van der Waals surface area contributed by atoms with Gasteiger partial charge in [0, 0.05) is 11.1 Å². The zero-order valence-corrected chi connectivity index (χ0v) is 10.6. The molecule has 0 aromatic heterocycles. The van der Waals surface area contributed by atoms with Crippen LogP contribution in [0.3, 0.4) is 0 Å². The van der Waals surface area contributed by atoms with E-state index in [1.54, 1.807) is 26.2 Å². The fraction of sp³-hybridized carbons (Fsp3) is 0.267. The van der Waals surface area contributed by atoms with Crippen molar-refractivity contribution in [3.63, 3.8) is 0 Å². The zero-order chi connectivity index (χ0) is 13.4. The summed E-state index contributed by atoms with van der Waals surface area (Å²) in [6.07, 6.45) is 5.07. The molecule has 18 heavy (non-hydrogen) atoms. The van der Waals surface area contributed by atoms with Gasteiger partial charge in [0.1, 0.15) is 5.75 Å². The zero-order valence-electron chi connectivity index (χ0n) is 10.6. The average molecular weight is 243 g/mol. The molecule has 0 heterocycles. The van der Waals surface area contributed by atoms with Gasteiger partial charge in [-0.15, -0.1) is 0 Å². The number of rotatable bonds is 5. The first-order valence-corrected chi connectivity index (χ1v) is 5.73. The monoisotopic (exact) mass is 243 g/mol. The topological polar surface area (TPSA) is 53.2 Å². The molecule has 1 rings (SSSR count). The number of nitriles is 1. The van der Waals surface area contributed by atoms with E-state index < -0.39 is 6.10 Å². The van der Waals surface area contributed by atoms with Crippen LogP contribution in [0, 0.1) is 11.3 Å². The SMILES string of the molecule is COc1ccccc1/C=C/[C@H](O)C/C=C(\C)C#N. The third-order valence-corrected chi connectivity index (χ3v) is 2.48. The van der Waals surface area contributed by atoms with Gasteiger partial charge in [-0.1, -0.05) is 36.4 Å². The Balaban J connectivity index is 2.66. The van der Waals surface area contributed by atoms with Crippen molar-refractivity contribution in [1.29, 1.82) is 5.26 Å². The number of aliphatic hydroxyl groups excluding tert-OH is 1. The van der Waals surface area contributed by atoms with E-state index >= 15 is 0 Å². The highest BCUT2D eigenvalue weighted by molar-refractivity contribution is 5.57. The predicted octanol–water partition coefficient (Wildman–Crippen LogP) is 2.93. The molecule has 0 aliphatic heterocycles. The van der Waals surface area contributed by atoms with Crippen molar-refractivity contribution in [3.05, 3.63) is 47.6 Å². The Bertz CT molecular complexity index is 484. The Morgan fingerprint density at radius 2 is 2.22 bits per heavy atom. The van der Waals surface area contributed by atoms with Gasteiger partial charge in [0.15, 0.2) is 0 Å². The predicted molar refractivity (Wildman–Crippen MR) is 72.0 cm³/mol. The van der Waals surface area contributed by atoms with Crippen LogP contribution in [0.1, 0.15) is 18.9 Å². The van der Waals surface area contributed by atoms with Gasteiger partial charge >= 0.3 is 0 Å². The molecule has 0 unspecified atom stereocenters. The molecule has 0 aliphatic carbocycles. The third kappa shape index (κ3) is 4.44. The molecular weight excluding hydrogens is 226 g/mol. The number of ether oxygens (including phenoxy) is 1. The van der Waals surface area contributed by atoms with Crippen molar-refractivity contribution >= 4 is 6.08 Å². The van der Waals surface area contributed by atoms with Gasteiger partial charge in [0.2, 0.25) is 0 Å².